The average molecular weight is 452 g/mol. The summed E-state index contributed by atoms with van der Waals surface area (Å²) in [7, 11) is 1.79. The van der Waals surface area contributed by atoms with E-state index in [1.165, 1.54) is 12.1 Å². The highest BCUT2D eigenvalue weighted by molar-refractivity contribution is 7.09. The zero-order valence-corrected chi connectivity index (χ0v) is 18.2. The summed E-state index contributed by atoms with van der Waals surface area (Å²) in [5.74, 6) is -2.55. The number of hydrogen-bond acceptors (Lipinski definition) is 6. The number of nitrogens with zero attached hydrogens (tertiary/aromatic N) is 3. The molecular formula is C19H28F3N3O4S. The van der Waals surface area contributed by atoms with E-state index >= 15 is 0 Å². The van der Waals surface area contributed by atoms with Gasteiger partial charge in [0.15, 0.2) is 0 Å². The maximum absolute atomic E-state index is 11.6. The standard InChI is InChI=1S/C17H27N3O2S.C2HF3O2/c1-13-18-15(11-23-13)9-20-12-17(8-16(20)10-22-3)4-6-19(7-5-17)14(2)21;3-2(4,5)1(6)7/h11,16H,4-10,12H2,1-3H3;(H,6,7). The minimum Gasteiger partial charge on any atom is -0.475 e. The van der Waals surface area contributed by atoms with Gasteiger partial charge < -0.3 is 14.7 Å². The lowest BCUT2D eigenvalue weighted by molar-refractivity contribution is -0.192. The summed E-state index contributed by atoms with van der Waals surface area (Å²) >= 11 is 1.72. The number of carboxylic acids is 1. The molecule has 1 atom stereocenters. The molecule has 1 aromatic heterocycles. The Morgan fingerprint density at radius 2 is 1.97 bits per heavy atom. The first-order chi connectivity index (χ1) is 14.0. The number of rotatable bonds is 4. The molecule has 1 amide bonds. The molecule has 170 valence electrons. The van der Waals surface area contributed by atoms with Crippen molar-refractivity contribution < 1.29 is 32.6 Å². The monoisotopic (exact) mass is 451 g/mol. The number of amides is 1. The number of aryl methyl sites for hydroxylation is 1. The van der Waals surface area contributed by atoms with Gasteiger partial charge in [0.2, 0.25) is 5.91 Å². The van der Waals surface area contributed by atoms with Gasteiger partial charge in [0, 0.05) is 51.6 Å². The maximum Gasteiger partial charge on any atom is 0.490 e. The lowest BCUT2D eigenvalue weighted by atomic mass is 9.76. The summed E-state index contributed by atoms with van der Waals surface area (Å²) in [4.78, 5) is 29.6. The van der Waals surface area contributed by atoms with Crippen LogP contribution in [0.25, 0.3) is 0 Å². The summed E-state index contributed by atoms with van der Waals surface area (Å²) in [6.07, 6.45) is -1.69. The van der Waals surface area contributed by atoms with Crippen molar-refractivity contribution in [3.05, 3.63) is 16.1 Å². The third-order valence-electron chi connectivity index (χ3n) is 5.63. The first-order valence-corrected chi connectivity index (χ1v) is 10.5. The number of likely N-dealkylation sites (tertiary alicyclic amines) is 2. The van der Waals surface area contributed by atoms with E-state index in [9.17, 15) is 18.0 Å². The van der Waals surface area contributed by atoms with Crippen LogP contribution in [0.2, 0.25) is 0 Å². The van der Waals surface area contributed by atoms with Crippen molar-refractivity contribution in [1.29, 1.82) is 0 Å². The molecule has 2 fully saturated rings. The number of halogens is 3. The zero-order chi connectivity index (χ0) is 22.5. The molecule has 0 bridgehead atoms. The number of piperidine rings is 1. The Bertz CT molecular complexity index is 733. The quantitative estimate of drug-likeness (QED) is 0.758. The third-order valence-corrected chi connectivity index (χ3v) is 6.45. The van der Waals surface area contributed by atoms with Crippen molar-refractivity contribution >= 4 is 23.2 Å². The molecule has 1 N–H and O–H groups in total. The number of aromatic nitrogens is 1. The summed E-state index contributed by atoms with van der Waals surface area (Å²) in [5.41, 5.74) is 1.52. The molecule has 1 aromatic rings. The Hall–Kier alpha value is -1.72. The van der Waals surface area contributed by atoms with Gasteiger partial charge in [0.1, 0.15) is 0 Å². The van der Waals surface area contributed by atoms with E-state index in [0.29, 0.717) is 11.5 Å². The highest BCUT2D eigenvalue weighted by atomic mass is 32.1. The number of aliphatic carboxylic acids is 1. The van der Waals surface area contributed by atoms with Gasteiger partial charge in [-0.2, -0.15) is 13.2 Å². The van der Waals surface area contributed by atoms with E-state index in [1.807, 2.05) is 4.90 Å². The van der Waals surface area contributed by atoms with Crippen LogP contribution >= 0.6 is 11.3 Å². The number of alkyl halides is 3. The van der Waals surface area contributed by atoms with Crippen molar-refractivity contribution in [3.63, 3.8) is 0 Å². The van der Waals surface area contributed by atoms with Crippen LogP contribution in [0, 0.1) is 12.3 Å². The van der Waals surface area contributed by atoms with E-state index in [2.05, 4.69) is 22.2 Å². The lowest BCUT2D eigenvalue weighted by Gasteiger charge is -2.39. The van der Waals surface area contributed by atoms with Crippen LogP contribution in [0.3, 0.4) is 0 Å². The summed E-state index contributed by atoms with van der Waals surface area (Å²) in [6, 6.07) is 0.464. The van der Waals surface area contributed by atoms with Gasteiger partial charge in [-0.3, -0.25) is 9.69 Å². The molecule has 7 nitrogen and oxygen atoms in total. The first-order valence-electron chi connectivity index (χ1n) is 9.65. The van der Waals surface area contributed by atoms with Crippen LogP contribution in [-0.2, 0) is 20.9 Å². The number of carbonyl (C=O) groups is 2. The molecule has 2 saturated heterocycles. The molecule has 0 saturated carbocycles. The normalized spacial score (nSPS) is 21.4. The van der Waals surface area contributed by atoms with Gasteiger partial charge in [-0.25, -0.2) is 9.78 Å². The smallest absolute Gasteiger partial charge is 0.475 e. The average Bonchev–Trinajstić information content (AvgIpc) is 3.19. The van der Waals surface area contributed by atoms with Gasteiger partial charge in [-0.05, 0) is 31.6 Å². The minimum absolute atomic E-state index is 0.209. The Kier molecular flexibility index (Phi) is 8.23. The second-order valence-electron chi connectivity index (χ2n) is 7.89. The molecule has 0 aromatic carbocycles. The van der Waals surface area contributed by atoms with Gasteiger partial charge in [-0.15, -0.1) is 11.3 Å². The van der Waals surface area contributed by atoms with Crippen molar-refractivity contribution in [3.8, 4) is 0 Å². The number of hydrogen-bond donors (Lipinski definition) is 1. The molecule has 2 aliphatic heterocycles. The van der Waals surface area contributed by atoms with E-state index in [0.717, 1.165) is 50.6 Å². The van der Waals surface area contributed by atoms with Crippen LogP contribution in [0.4, 0.5) is 13.2 Å². The second kappa shape index (κ2) is 10.1. The third kappa shape index (κ3) is 6.64. The molecule has 0 radical (unpaired) electrons. The molecule has 3 heterocycles. The molecule has 2 aliphatic rings. The van der Waals surface area contributed by atoms with Crippen LogP contribution in [0.1, 0.15) is 36.9 Å². The largest absolute Gasteiger partial charge is 0.490 e. The Balaban J connectivity index is 0.000000396. The van der Waals surface area contributed by atoms with E-state index in [1.54, 1.807) is 25.4 Å². The second-order valence-corrected chi connectivity index (χ2v) is 8.95. The lowest BCUT2D eigenvalue weighted by Crippen LogP contribution is -2.43. The van der Waals surface area contributed by atoms with E-state index in [-0.39, 0.29) is 5.91 Å². The molecular weight excluding hydrogens is 423 g/mol. The van der Waals surface area contributed by atoms with Crippen LogP contribution in [-0.4, -0.2) is 77.3 Å². The molecule has 1 spiro atoms. The number of carbonyl (C=O) groups excluding carboxylic acids is 1. The summed E-state index contributed by atoms with van der Waals surface area (Å²) in [6.45, 7) is 8.33. The predicted octanol–water partition coefficient (Wildman–Crippen LogP) is 2.93. The number of methoxy groups -OCH3 is 1. The van der Waals surface area contributed by atoms with Crippen molar-refractivity contribution in [1.82, 2.24) is 14.8 Å². The molecule has 30 heavy (non-hydrogen) atoms. The fourth-order valence-electron chi connectivity index (χ4n) is 4.14. The summed E-state index contributed by atoms with van der Waals surface area (Å²) in [5, 5.41) is 10.4. The van der Waals surface area contributed by atoms with Crippen molar-refractivity contribution in [2.45, 2.75) is 51.9 Å². The number of thiazole rings is 1. The fourth-order valence-corrected chi connectivity index (χ4v) is 4.75. The molecule has 3 rings (SSSR count). The van der Waals surface area contributed by atoms with Crippen molar-refractivity contribution in [2.75, 3.05) is 33.4 Å². The molecule has 0 aliphatic carbocycles. The molecule has 11 heteroatoms. The SMILES string of the molecule is COCC1CC2(CCN(C(C)=O)CC2)CN1Cc1csc(C)n1.O=C(O)C(F)(F)F. The van der Waals surface area contributed by atoms with Crippen LogP contribution in [0.5, 0.6) is 0 Å². The highest BCUT2D eigenvalue weighted by Crippen LogP contribution is 2.44. The van der Waals surface area contributed by atoms with Crippen molar-refractivity contribution in [2.24, 2.45) is 5.41 Å². The minimum atomic E-state index is -5.08. The Labute approximate surface area is 177 Å². The zero-order valence-electron chi connectivity index (χ0n) is 17.4. The van der Waals surface area contributed by atoms with Crippen LogP contribution in [0.15, 0.2) is 5.38 Å². The Morgan fingerprint density at radius 1 is 1.37 bits per heavy atom. The van der Waals surface area contributed by atoms with Crippen LogP contribution < -0.4 is 0 Å². The van der Waals surface area contributed by atoms with Gasteiger partial charge in [0.25, 0.3) is 0 Å². The fraction of sp³-hybridized carbons (Fsp3) is 0.737. The van der Waals surface area contributed by atoms with E-state index < -0.39 is 12.1 Å². The first kappa shape index (κ1) is 24.5. The number of ether oxygens (including phenoxy) is 1. The van der Waals surface area contributed by atoms with Gasteiger partial charge in [-0.1, -0.05) is 0 Å². The topological polar surface area (TPSA) is 83.0 Å². The predicted molar refractivity (Wildman–Crippen MR) is 105 cm³/mol. The van der Waals surface area contributed by atoms with Gasteiger partial charge in [0.05, 0.1) is 17.3 Å². The molecule has 1 unspecified atom stereocenters. The Morgan fingerprint density at radius 3 is 2.40 bits per heavy atom. The van der Waals surface area contributed by atoms with Gasteiger partial charge >= 0.3 is 12.1 Å². The van der Waals surface area contributed by atoms with E-state index in [4.69, 9.17) is 14.6 Å². The maximum atomic E-state index is 11.6. The highest BCUT2D eigenvalue weighted by Gasteiger charge is 2.45. The number of carboxylic acid groups (broad SMARTS) is 1. The summed E-state index contributed by atoms with van der Waals surface area (Å²) < 4.78 is 37.2.